The molecule has 1 heterocycles. The summed E-state index contributed by atoms with van der Waals surface area (Å²) in [5, 5.41) is 0. The average Bonchev–Trinajstić information content (AvgIpc) is 2.50. The smallest absolute Gasteiger partial charge is 0.163 e. The summed E-state index contributed by atoms with van der Waals surface area (Å²) in [7, 11) is 0. The fourth-order valence-corrected chi connectivity index (χ4v) is 3.05. The molecule has 0 saturated carbocycles. The third-order valence-corrected chi connectivity index (χ3v) is 4.23. The highest BCUT2D eigenvalue weighted by molar-refractivity contribution is 5.56. The molecule has 0 atom stereocenters. The molecule has 0 unspecified atom stereocenters. The van der Waals surface area contributed by atoms with Gasteiger partial charge >= 0.3 is 0 Å². The van der Waals surface area contributed by atoms with Gasteiger partial charge in [0.15, 0.2) is 11.5 Å². The maximum Gasteiger partial charge on any atom is 0.163 e. The number of likely N-dealkylation sites (N-methyl/N-ethyl adjacent to an activating group) is 1. The van der Waals surface area contributed by atoms with E-state index in [-0.39, 0.29) is 0 Å². The normalized spacial score (nSPS) is 14.0. The van der Waals surface area contributed by atoms with Gasteiger partial charge in [-0.3, -0.25) is 4.90 Å². The van der Waals surface area contributed by atoms with Crippen LogP contribution in [0.1, 0.15) is 34.6 Å². The molecule has 0 aromatic heterocycles. The highest BCUT2D eigenvalue weighted by Crippen LogP contribution is 2.33. The molecule has 1 aromatic rings. The SMILES string of the molecule is CCN(CCN(C(C)C)C(C)C)c1ccc2c(c1)OCCO2. The zero-order valence-electron chi connectivity index (χ0n) is 14.6. The molecule has 0 saturated heterocycles. The first-order valence-electron chi connectivity index (χ1n) is 8.43. The van der Waals surface area contributed by atoms with Crippen LogP contribution in [-0.4, -0.2) is 49.8 Å². The summed E-state index contributed by atoms with van der Waals surface area (Å²) in [6.45, 7) is 15.6. The second-order valence-corrected chi connectivity index (χ2v) is 6.33. The van der Waals surface area contributed by atoms with Crippen LogP contribution in [0.25, 0.3) is 0 Å². The highest BCUT2D eigenvalue weighted by Gasteiger charge is 2.17. The van der Waals surface area contributed by atoms with Crippen LogP contribution < -0.4 is 14.4 Å². The zero-order chi connectivity index (χ0) is 16.1. The number of hydrogen-bond acceptors (Lipinski definition) is 4. The molecule has 4 heteroatoms. The van der Waals surface area contributed by atoms with Crippen molar-refractivity contribution in [3.8, 4) is 11.5 Å². The zero-order valence-corrected chi connectivity index (χ0v) is 14.6. The van der Waals surface area contributed by atoms with Gasteiger partial charge in [0, 0.05) is 43.5 Å². The van der Waals surface area contributed by atoms with E-state index in [0.29, 0.717) is 25.3 Å². The van der Waals surface area contributed by atoms with Crippen molar-refractivity contribution in [2.24, 2.45) is 0 Å². The van der Waals surface area contributed by atoms with E-state index in [2.05, 4.69) is 56.6 Å². The van der Waals surface area contributed by atoms with Crippen molar-refractivity contribution in [1.29, 1.82) is 0 Å². The van der Waals surface area contributed by atoms with E-state index in [0.717, 1.165) is 31.1 Å². The van der Waals surface area contributed by atoms with Crippen LogP contribution >= 0.6 is 0 Å². The molecule has 0 radical (unpaired) electrons. The quantitative estimate of drug-likeness (QED) is 0.771. The fourth-order valence-electron chi connectivity index (χ4n) is 3.05. The summed E-state index contributed by atoms with van der Waals surface area (Å²) in [5.41, 5.74) is 1.21. The number of rotatable bonds is 7. The molecule has 0 spiro atoms. The van der Waals surface area contributed by atoms with Crippen LogP contribution in [0.5, 0.6) is 11.5 Å². The first-order chi connectivity index (χ1) is 10.5. The van der Waals surface area contributed by atoms with Gasteiger partial charge < -0.3 is 14.4 Å². The Kier molecular flexibility index (Phi) is 5.95. The summed E-state index contributed by atoms with van der Waals surface area (Å²) in [6.07, 6.45) is 0. The lowest BCUT2D eigenvalue weighted by Gasteiger charge is -2.34. The summed E-state index contributed by atoms with van der Waals surface area (Å²) in [4.78, 5) is 4.93. The number of fused-ring (bicyclic) bond motifs is 1. The number of hydrogen-bond donors (Lipinski definition) is 0. The van der Waals surface area contributed by atoms with Crippen LogP contribution in [-0.2, 0) is 0 Å². The molecular weight excluding hydrogens is 276 g/mol. The lowest BCUT2D eigenvalue weighted by Crippen LogP contribution is -2.42. The first kappa shape index (κ1) is 16.9. The summed E-state index contributed by atoms with van der Waals surface area (Å²) >= 11 is 0. The Morgan fingerprint density at radius 2 is 1.59 bits per heavy atom. The molecule has 0 bridgehead atoms. The van der Waals surface area contributed by atoms with Crippen LogP contribution in [0.2, 0.25) is 0 Å². The minimum Gasteiger partial charge on any atom is -0.486 e. The van der Waals surface area contributed by atoms with Gasteiger partial charge in [-0.05, 0) is 46.8 Å². The maximum absolute atomic E-state index is 5.70. The second kappa shape index (κ2) is 7.73. The standard InChI is InChI=1S/C18H30N2O2/c1-6-19(9-10-20(14(2)3)15(4)5)16-7-8-17-18(13-16)22-12-11-21-17/h7-8,13-15H,6,9-12H2,1-5H3. The molecular formula is C18H30N2O2. The molecule has 124 valence electrons. The Balaban J connectivity index is 2.05. The monoisotopic (exact) mass is 306 g/mol. The van der Waals surface area contributed by atoms with Crippen molar-refractivity contribution in [2.75, 3.05) is 37.7 Å². The van der Waals surface area contributed by atoms with Crippen LogP contribution in [0.15, 0.2) is 18.2 Å². The van der Waals surface area contributed by atoms with Gasteiger partial charge in [0.25, 0.3) is 0 Å². The third kappa shape index (κ3) is 4.07. The van der Waals surface area contributed by atoms with E-state index < -0.39 is 0 Å². The van der Waals surface area contributed by atoms with E-state index >= 15 is 0 Å². The van der Waals surface area contributed by atoms with Gasteiger partial charge in [-0.2, -0.15) is 0 Å². The minimum atomic E-state index is 0.568. The van der Waals surface area contributed by atoms with E-state index in [1.807, 2.05) is 6.07 Å². The predicted molar refractivity (Wildman–Crippen MR) is 92.3 cm³/mol. The molecule has 0 amide bonds. The summed E-state index contributed by atoms with van der Waals surface area (Å²) < 4.78 is 11.3. The lowest BCUT2D eigenvalue weighted by molar-refractivity contribution is 0.171. The molecule has 1 aromatic carbocycles. The molecule has 0 aliphatic carbocycles. The molecule has 4 nitrogen and oxygen atoms in total. The molecule has 1 aliphatic heterocycles. The number of ether oxygens (including phenoxy) is 2. The van der Waals surface area contributed by atoms with Gasteiger partial charge in [0.2, 0.25) is 0 Å². The number of nitrogens with zero attached hydrogens (tertiary/aromatic N) is 2. The number of anilines is 1. The third-order valence-electron chi connectivity index (χ3n) is 4.23. The van der Waals surface area contributed by atoms with Gasteiger partial charge in [0.1, 0.15) is 13.2 Å². The first-order valence-corrected chi connectivity index (χ1v) is 8.43. The lowest BCUT2D eigenvalue weighted by atomic mass is 10.2. The molecule has 1 aliphatic rings. The van der Waals surface area contributed by atoms with Crippen molar-refractivity contribution in [3.05, 3.63) is 18.2 Å². The van der Waals surface area contributed by atoms with E-state index in [9.17, 15) is 0 Å². The molecule has 22 heavy (non-hydrogen) atoms. The van der Waals surface area contributed by atoms with E-state index in [4.69, 9.17) is 9.47 Å². The van der Waals surface area contributed by atoms with Crippen molar-refractivity contribution < 1.29 is 9.47 Å². The summed E-state index contributed by atoms with van der Waals surface area (Å²) in [6, 6.07) is 7.40. The van der Waals surface area contributed by atoms with Crippen molar-refractivity contribution in [2.45, 2.75) is 46.7 Å². The Morgan fingerprint density at radius 1 is 0.955 bits per heavy atom. The molecule has 2 rings (SSSR count). The van der Waals surface area contributed by atoms with Crippen LogP contribution in [0, 0.1) is 0 Å². The maximum atomic E-state index is 5.70. The van der Waals surface area contributed by atoms with E-state index in [1.165, 1.54) is 5.69 Å². The van der Waals surface area contributed by atoms with Crippen molar-refractivity contribution in [3.63, 3.8) is 0 Å². The topological polar surface area (TPSA) is 24.9 Å². The highest BCUT2D eigenvalue weighted by atomic mass is 16.6. The van der Waals surface area contributed by atoms with Gasteiger partial charge in [0.05, 0.1) is 0 Å². The Bertz CT molecular complexity index is 466. The second-order valence-electron chi connectivity index (χ2n) is 6.33. The Morgan fingerprint density at radius 3 is 2.18 bits per heavy atom. The van der Waals surface area contributed by atoms with Crippen molar-refractivity contribution in [1.82, 2.24) is 4.90 Å². The van der Waals surface area contributed by atoms with E-state index in [1.54, 1.807) is 0 Å². The van der Waals surface area contributed by atoms with Crippen LogP contribution in [0.4, 0.5) is 5.69 Å². The predicted octanol–water partition coefficient (Wildman–Crippen LogP) is 3.40. The molecule has 0 fully saturated rings. The Hall–Kier alpha value is -1.42. The van der Waals surface area contributed by atoms with Gasteiger partial charge in [-0.15, -0.1) is 0 Å². The van der Waals surface area contributed by atoms with Crippen LogP contribution in [0.3, 0.4) is 0 Å². The minimum absolute atomic E-state index is 0.568. The van der Waals surface area contributed by atoms with Crippen molar-refractivity contribution >= 4 is 5.69 Å². The Labute approximate surface area is 135 Å². The average molecular weight is 306 g/mol. The number of benzene rings is 1. The molecule has 0 N–H and O–H groups in total. The van der Waals surface area contributed by atoms with Gasteiger partial charge in [-0.25, -0.2) is 0 Å². The fraction of sp³-hybridized carbons (Fsp3) is 0.667. The van der Waals surface area contributed by atoms with Gasteiger partial charge in [-0.1, -0.05) is 0 Å². The summed E-state index contributed by atoms with van der Waals surface area (Å²) in [5.74, 6) is 1.73. The largest absolute Gasteiger partial charge is 0.486 e.